The number of carbonyl (C=O) groups is 2. The van der Waals surface area contributed by atoms with Gasteiger partial charge >= 0.3 is 6.03 Å². The van der Waals surface area contributed by atoms with Crippen molar-refractivity contribution in [3.05, 3.63) is 23.4 Å². The third-order valence-electron chi connectivity index (χ3n) is 6.51. The standard InChI is InChI=1S/C26H38N4O4/c1-17(2)28-26(33)29(5)15-23-18(3)14-30(19(4)16-31)25(32)22-12-21(13-27-24(22)34-23)11-10-20-8-6-7-9-20/h12-13,17-20,23,31H,6-9,14-16H2,1-5H3,(H,28,33)/t18-,19-,23+/m1/s1. The first kappa shape index (κ1) is 25.8. The summed E-state index contributed by atoms with van der Waals surface area (Å²) >= 11 is 0. The maximum Gasteiger partial charge on any atom is 0.317 e. The minimum Gasteiger partial charge on any atom is -0.472 e. The molecule has 2 N–H and O–H groups in total. The Morgan fingerprint density at radius 1 is 1.35 bits per heavy atom. The van der Waals surface area contributed by atoms with E-state index in [1.165, 1.54) is 12.8 Å². The number of fused-ring (bicyclic) bond motifs is 1. The third-order valence-corrected chi connectivity index (χ3v) is 6.51. The van der Waals surface area contributed by atoms with Gasteiger partial charge in [-0.25, -0.2) is 9.78 Å². The number of hydrogen-bond donors (Lipinski definition) is 2. The molecule has 0 saturated heterocycles. The van der Waals surface area contributed by atoms with E-state index in [9.17, 15) is 14.7 Å². The highest BCUT2D eigenvalue weighted by molar-refractivity contribution is 5.97. The predicted molar refractivity (Wildman–Crippen MR) is 131 cm³/mol. The predicted octanol–water partition coefficient (Wildman–Crippen LogP) is 2.89. The van der Waals surface area contributed by atoms with Crippen molar-refractivity contribution in [3.63, 3.8) is 0 Å². The van der Waals surface area contributed by atoms with E-state index in [2.05, 4.69) is 22.1 Å². The van der Waals surface area contributed by atoms with Gasteiger partial charge in [-0.05, 0) is 39.7 Å². The number of hydrogen-bond acceptors (Lipinski definition) is 5. The lowest BCUT2D eigenvalue weighted by molar-refractivity contribution is 0.0351. The smallest absolute Gasteiger partial charge is 0.317 e. The first-order valence-corrected chi connectivity index (χ1v) is 12.3. The van der Waals surface area contributed by atoms with E-state index in [-0.39, 0.29) is 48.5 Å². The van der Waals surface area contributed by atoms with Gasteiger partial charge in [-0.1, -0.05) is 31.6 Å². The summed E-state index contributed by atoms with van der Waals surface area (Å²) in [7, 11) is 1.72. The van der Waals surface area contributed by atoms with E-state index >= 15 is 0 Å². The van der Waals surface area contributed by atoms with Crippen molar-refractivity contribution in [1.82, 2.24) is 20.1 Å². The number of rotatable bonds is 5. The van der Waals surface area contributed by atoms with Crippen molar-refractivity contribution in [2.24, 2.45) is 11.8 Å². The highest BCUT2D eigenvalue weighted by Crippen LogP contribution is 2.28. The Hall–Kier alpha value is -2.79. The van der Waals surface area contributed by atoms with Gasteiger partial charge in [0, 0.05) is 43.2 Å². The minimum atomic E-state index is -0.383. The number of aromatic nitrogens is 1. The molecular formula is C26H38N4O4. The van der Waals surface area contributed by atoms with Gasteiger partial charge in [-0.15, -0.1) is 0 Å². The van der Waals surface area contributed by atoms with Gasteiger partial charge in [0.15, 0.2) is 0 Å². The average molecular weight is 471 g/mol. The van der Waals surface area contributed by atoms with Gasteiger partial charge in [0.1, 0.15) is 11.7 Å². The molecule has 8 heteroatoms. The Balaban J connectivity index is 1.91. The molecule has 1 fully saturated rings. The fourth-order valence-corrected chi connectivity index (χ4v) is 4.35. The number of carbonyl (C=O) groups excluding carboxylic acids is 2. The van der Waals surface area contributed by atoms with Crippen molar-refractivity contribution in [2.45, 2.75) is 71.6 Å². The summed E-state index contributed by atoms with van der Waals surface area (Å²) in [5.41, 5.74) is 1.02. The Morgan fingerprint density at radius 3 is 2.71 bits per heavy atom. The van der Waals surface area contributed by atoms with Gasteiger partial charge in [0.25, 0.3) is 5.91 Å². The molecule has 1 aromatic heterocycles. The fourth-order valence-electron chi connectivity index (χ4n) is 4.35. The molecular weight excluding hydrogens is 432 g/mol. The molecule has 1 aliphatic heterocycles. The lowest BCUT2D eigenvalue weighted by Gasteiger charge is -2.37. The third kappa shape index (κ3) is 6.41. The number of nitrogens with zero attached hydrogens (tertiary/aromatic N) is 3. The SMILES string of the molecule is CC(C)NC(=O)N(C)C[C@@H]1Oc2ncc(C#CC3CCCC3)cc2C(=O)N([C@H](C)CO)C[C@H]1C. The summed E-state index contributed by atoms with van der Waals surface area (Å²) in [5, 5.41) is 12.7. The van der Waals surface area contributed by atoms with Crippen LogP contribution >= 0.6 is 0 Å². The van der Waals surface area contributed by atoms with Crippen molar-refractivity contribution in [1.29, 1.82) is 0 Å². The first-order chi connectivity index (χ1) is 16.2. The van der Waals surface area contributed by atoms with Crippen LogP contribution in [-0.4, -0.2) is 76.8 Å². The van der Waals surface area contributed by atoms with Gasteiger partial charge in [-0.2, -0.15) is 0 Å². The van der Waals surface area contributed by atoms with Crippen molar-refractivity contribution < 1.29 is 19.4 Å². The number of likely N-dealkylation sites (N-methyl/N-ethyl adjacent to an activating group) is 1. The van der Waals surface area contributed by atoms with Crippen LogP contribution in [0.5, 0.6) is 5.88 Å². The average Bonchev–Trinajstić information content (AvgIpc) is 3.32. The highest BCUT2D eigenvalue weighted by atomic mass is 16.5. The van der Waals surface area contributed by atoms with Gasteiger partial charge in [-0.3, -0.25) is 4.79 Å². The molecule has 8 nitrogen and oxygen atoms in total. The van der Waals surface area contributed by atoms with Crippen molar-refractivity contribution in [3.8, 4) is 17.7 Å². The second-order valence-corrected chi connectivity index (χ2v) is 9.93. The molecule has 2 aliphatic rings. The quantitative estimate of drug-likeness (QED) is 0.646. The molecule has 3 rings (SSSR count). The summed E-state index contributed by atoms with van der Waals surface area (Å²) in [6, 6.07) is 1.22. The van der Waals surface area contributed by atoms with Crippen LogP contribution < -0.4 is 10.1 Å². The van der Waals surface area contributed by atoms with Crippen LogP contribution in [0.2, 0.25) is 0 Å². The lowest BCUT2D eigenvalue weighted by atomic mass is 10.00. The molecule has 1 aromatic rings. The zero-order valence-corrected chi connectivity index (χ0v) is 21.0. The molecule has 3 amide bonds. The molecule has 2 heterocycles. The molecule has 0 unspecified atom stereocenters. The summed E-state index contributed by atoms with van der Waals surface area (Å²) in [6.07, 6.45) is 5.92. The van der Waals surface area contributed by atoms with E-state index in [1.54, 1.807) is 29.1 Å². The first-order valence-electron chi connectivity index (χ1n) is 12.3. The van der Waals surface area contributed by atoms with Crippen LogP contribution in [0.3, 0.4) is 0 Å². The lowest BCUT2D eigenvalue weighted by Crippen LogP contribution is -2.51. The van der Waals surface area contributed by atoms with Crippen LogP contribution in [0.15, 0.2) is 12.3 Å². The summed E-state index contributed by atoms with van der Waals surface area (Å²) in [6.45, 7) is 8.20. The van der Waals surface area contributed by atoms with Crippen molar-refractivity contribution >= 4 is 11.9 Å². The summed E-state index contributed by atoms with van der Waals surface area (Å²) < 4.78 is 6.25. The van der Waals surface area contributed by atoms with E-state index in [0.29, 0.717) is 30.1 Å². The Kier molecular flexibility index (Phi) is 8.78. The Bertz CT molecular complexity index is 932. The molecule has 34 heavy (non-hydrogen) atoms. The van der Waals surface area contributed by atoms with Gasteiger partial charge in [0.2, 0.25) is 5.88 Å². The van der Waals surface area contributed by atoms with Crippen LogP contribution in [-0.2, 0) is 0 Å². The van der Waals surface area contributed by atoms with Crippen LogP contribution in [0.4, 0.5) is 4.79 Å². The van der Waals surface area contributed by atoms with E-state index in [1.807, 2.05) is 27.7 Å². The molecule has 3 atom stereocenters. The number of aliphatic hydroxyl groups excluding tert-OH is 1. The molecule has 1 aliphatic carbocycles. The molecule has 0 bridgehead atoms. The van der Waals surface area contributed by atoms with Gasteiger partial charge in [0.05, 0.1) is 19.2 Å². The molecule has 0 radical (unpaired) electrons. The van der Waals surface area contributed by atoms with Crippen LogP contribution in [0.1, 0.15) is 69.3 Å². The molecule has 0 aromatic carbocycles. The Labute approximate surface area is 203 Å². The number of nitrogens with one attached hydrogen (secondary N) is 1. The van der Waals surface area contributed by atoms with E-state index in [4.69, 9.17) is 4.74 Å². The topological polar surface area (TPSA) is 95.0 Å². The number of urea groups is 1. The second kappa shape index (κ2) is 11.6. The second-order valence-electron chi connectivity index (χ2n) is 9.93. The monoisotopic (exact) mass is 470 g/mol. The van der Waals surface area contributed by atoms with Crippen LogP contribution in [0, 0.1) is 23.7 Å². The fraction of sp³-hybridized carbons (Fsp3) is 0.654. The highest BCUT2D eigenvalue weighted by Gasteiger charge is 2.34. The van der Waals surface area contributed by atoms with E-state index < -0.39 is 0 Å². The van der Waals surface area contributed by atoms with E-state index in [0.717, 1.165) is 12.8 Å². The maximum absolute atomic E-state index is 13.5. The minimum absolute atomic E-state index is 0.0234. The maximum atomic E-state index is 13.5. The molecule has 186 valence electrons. The molecule has 1 saturated carbocycles. The Morgan fingerprint density at radius 2 is 2.06 bits per heavy atom. The number of pyridine rings is 1. The summed E-state index contributed by atoms with van der Waals surface area (Å²) in [4.78, 5) is 33.7. The normalized spacial score (nSPS) is 21.6. The number of ether oxygens (including phenoxy) is 1. The zero-order valence-electron chi connectivity index (χ0n) is 21.0. The summed E-state index contributed by atoms with van der Waals surface area (Å²) in [5.74, 6) is 6.82. The van der Waals surface area contributed by atoms with Crippen LogP contribution in [0.25, 0.3) is 0 Å². The molecule has 0 spiro atoms. The number of aliphatic hydroxyl groups is 1. The van der Waals surface area contributed by atoms with Crippen molar-refractivity contribution in [2.75, 3.05) is 26.7 Å². The largest absolute Gasteiger partial charge is 0.472 e. The van der Waals surface area contributed by atoms with Gasteiger partial charge < -0.3 is 25.0 Å². The number of amides is 3. The zero-order chi connectivity index (χ0) is 24.8.